The number of nitrogen functional groups attached to an aromatic ring is 1. The molecule has 0 saturated carbocycles. The monoisotopic (exact) mass is 281 g/mol. The topological polar surface area (TPSA) is 110 Å². The molecule has 0 radical (unpaired) electrons. The van der Waals surface area contributed by atoms with Crippen molar-refractivity contribution < 1.29 is 14.8 Å². The van der Waals surface area contributed by atoms with Crippen molar-refractivity contribution >= 4 is 17.3 Å². The van der Waals surface area contributed by atoms with Crippen molar-refractivity contribution in [3.05, 3.63) is 33.4 Å². The Morgan fingerprint density at radius 2 is 2.05 bits per heavy atom. The molecule has 0 aliphatic rings. The van der Waals surface area contributed by atoms with Gasteiger partial charge >= 0.3 is 0 Å². The molecule has 0 aliphatic carbocycles. The summed E-state index contributed by atoms with van der Waals surface area (Å²) in [4.78, 5) is 23.9. The Morgan fingerprint density at radius 1 is 1.50 bits per heavy atom. The zero-order valence-corrected chi connectivity index (χ0v) is 12.0. The van der Waals surface area contributed by atoms with Gasteiger partial charge in [-0.05, 0) is 32.4 Å². The Balaban J connectivity index is 3.20. The smallest absolute Gasteiger partial charge is 0.293 e. The fourth-order valence-corrected chi connectivity index (χ4v) is 1.96. The van der Waals surface area contributed by atoms with Crippen molar-refractivity contribution in [3.8, 4) is 0 Å². The lowest BCUT2D eigenvalue weighted by atomic mass is 10.0. The van der Waals surface area contributed by atoms with Crippen LogP contribution in [0.5, 0.6) is 0 Å². The minimum Gasteiger partial charge on any atom is -0.393 e. The van der Waals surface area contributed by atoms with Crippen molar-refractivity contribution in [2.24, 2.45) is 0 Å². The number of aryl methyl sites for hydroxylation is 1. The predicted molar refractivity (Wildman–Crippen MR) is 75.5 cm³/mol. The van der Waals surface area contributed by atoms with Crippen LogP contribution in [-0.4, -0.2) is 40.0 Å². The zero-order chi connectivity index (χ0) is 15.7. The van der Waals surface area contributed by atoms with E-state index in [1.54, 1.807) is 20.8 Å². The summed E-state index contributed by atoms with van der Waals surface area (Å²) in [6, 6.07) is 2.83. The van der Waals surface area contributed by atoms with Crippen molar-refractivity contribution in [2.75, 3.05) is 19.3 Å². The number of hydrogen-bond acceptors (Lipinski definition) is 5. The third-order valence-corrected chi connectivity index (χ3v) is 2.70. The highest BCUT2D eigenvalue weighted by Crippen LogP contribution is 2.28. The Hall–Kier alpha value is -2.15. The van der Waals surface area contributed by atoms with Gasteiger partial charge in [-0.2, -0.15) is 0 Å². The molecule has 110 valence electrons. The number of hydrogen-bond donors (Lipinski definition) is 2. The highest BCUT2D eigenvalue weighted by atomic mass is 16.6. The fourth-order valence-electron chi connectivity index (χ4n) is 1.96. The van der Waals surface area contributed by atoms with Gasteiger partial charge in [-0.25, -0.2) is 0 Å². The Morgan fingerprint density at radius 3 is 2.50 bits per heavy atom. The van der Waals surface area contributed by atoms with E-state index in [1.807, 2.05) is 0 Å². The molecule has 20 heavy (non-hydrogen) atoms. The van der Waals surface area contributed by atoms with E-state index in [0.29, 0.717) is 5.56 Å². The zero-order valence-electron chi connectivity index (χ0n) is 12.0. The van der Waals surface area contributed by atoms with Crippen molar-refractivity contribution in [1.82, 2.24) is 4.90 Å². The maximum absolute atomic E-state index is 12.3. The van der Waals surface area contributed by atoms with Gasteiger partial charge in [-0.3, -0.25) is 14.9 Å². The standard InChI is InChI=1S/C13H19N3O4/c1-8-5-9(11(14)10(6-8)16(19)20)12(17)15(4)7-13(2,3)18/h5-6,18H,7,14H2,1-4H3. The maximum Gasteiger partial charge on any atom is 0.293 e. The average Bonchev–Trinajstić information content (AvgIpc) is 2.28. The lowest BCUT2D eigenvalue weighted by Crippen LogP contribution is -2.40. The highest BCUT2D eigenvalue weighted by Gasteiger charge is 2.25. The van der Waals surface area contributed by atoms with E-state index in [9.17, 15) is 20.0 Å². The second-order valence-corrected chi connectivity index (χ2v) is 5.48. The number of rotatable bonds is 4. The van der Waals surface area contributed by atoms with Crippen LogP contribution in [0.2, 0.25) is 0 Å². The molecule has 1 aromatic rings. The van der Waals surface area contributed by atoms with Crippen LogP contribution in [0.3, 0.4) is 0 Å². The number of nitro groups is 1. The number of nitrogens with zero attached hydrogens (tertiary/aromatic N) is 2. The molecule has 0 unspecified atom stereocenters. The van der Waals surface area contributed by atoms with Crippen molar-refractivity contribution in [1.29, 1.82) is 0 Å². The summed E-state index contributed by atoms with van der Waals surface area (Å²) in [7, 11) is 1.51. The van der Waals surface area contributed by atoms with E-state index in [4.69, 9.17) is 5.73 Å². The quantitative estimate of drug-likeness (QED) is 0.491. The number of amides is 1. The molecule has 0 spiro atoms. The summed E-state index contributed by atoms with van der Waals surface area (Å²) >= 11 is 0. The van der Waals surface area contributed by atoms with Crippen LogP contribution >= 0.6 is 0 Å². The lowest BCUT2D eigenvalue weighted by Gasteiger charge is -2.26. The van der Waals surface area contributed by atoms with Gasteiger partial charge in [-0.15, -0.1) is 0 Å². The average molecular weight is 281 g/mol. The van der Waals surface area contributed by atoms with Gasteiger partial charge in [0.25, 0.3) is 11.6 Å². The first-order chi connectivity index (χ1) is 9.03. The lowest BCUT2D eigenvalue weighted by molar-refractivity contribution is -0.384. The SMILES string of the molecule is Cc1cc(C(=O)N(C)CC(C)(C)O)c(N)c([N+](=O)[O-])c1. The Bertz CT molecular complexity index is 549. The van der Waals surface area contributed by atoms with Crippen LogP contribution in [0.1, 0.15) is 29.8 Å². The number of carbonyl (C=O) groups excluding carboxylic acids is 1. The summed E-state index contributed by atoms with van der Waals surface area (Å²) in [5, 5.41) is 20.6. The molecule has 0 fully saturated rings. The number of anilines is 1. The van der Waals surface area contributed by atoms with Gasteiger partial charge in [0, 0.05) is 19.7 Å². The first-order valence-corrected chi connectivity index (χ1v) is 6.05. The summed E-state index contributed by atoms with van der Waals surface area (Å²) in [5.41, 5.74) is 4.84. The molecule has 1 rings (SSSR count). The predicted octanol–water partition coefficient (Wildman–Crippen LogP) is 1.33. The molecule has 1 amide bonds. The summed E-state index contributed by atoms with van der Waals surface area (Å²) in [5.74, 6) is -0.462. The molecule has 7 nitrogen and oxygen atoms in total. The van der Waals surface area contributed by atoms with Crippen molar-refractivity contribution in [2.45, 2.75) is 26.4 Å². The van der Waals surface area contributed by atoms with E-state index in [1.165, 1.54) is 24.1 Å². The summed E-state index contributed by atoms with van der Waals surface area (Å²) in [6.07, 6.45) is 0. The maximum atomic E-state index is 12.3. The van der Waals surface area contributed by atoms with Crippen LogP contribution in [0.25, 0.3) is 0 Å². The highest BCUT2D eigenvalue weighted by molar-refractivity contribution is 6.01. The van der Waals surface area contributed by atoms with Gasteiger partial charge < -0.3 is 15.7 Å². The van der Waals surface area contributed by atoms with Crippen LogP contribution in [-0.2, 0) is 0 Å². The molecular formula is C13H19N3O4. The molecule has 0 heterocycles. The second kappa shape index (κ2) is 5.46. The number of carbonyl (C=O) groups is 1. The molecule has 0 bridgehead atoms. The first kappa shape index (κ1) is 15.9. The first-order valence-electron chi connectivity index (χ1n) is 6.05. The van der Waals surface area contributed by atoms with Gasteiger partial charge in [0.15, 0.2) is 0 Å². The number of benzene rings is 1. The second-order valence-electron chi connectivity index (χ2n) is 5.48. The van der Waals surface area contributed by atoms with Crippen LogP contribution in [0.15, 0.2) is 12.1 Å². The number of nitro benzene ring substituents is 1. The molecule has 0 atom stereocenters. The van der Waals surface area contributed by atoms with Gasteiger partial charge in [0.1, 0.15) is 5.69 Å². The van der Waals surface area contributed by atoms with E-state index in [-0.39, 0.29) is 23.5 Å². The van der Waals surface area contributed by atoms with Crippen LogP contribution in [0.4, 0.5) is 11.4 Å². The van der Waals surface area contributed by atoms with Crippen LogP contribution < -0.4 is 5.73 Å². The largest absolute Gasteiger partial charge is 0.393 e. The summed E-state index contributed by atoms with van der Waals surface area (Å²) < 4.78 is 0. The number of aliphatic hydroxyl groups is 1. The normalized spacial score (nSPS) is 11.2. The van der Waals surface area contributed by atoms with Crippen molar-refractivity contribution in [3.63, 3.8) is 0 Å². The molecule has 3 N–H and O–H groups in total. The molecule has 1 aromatic carbocycles. The fraction of sp³-hybridized carbons (Fsp3) is 0.462. The molecule has 0 aliphatic heterocycles. The Labute approximate surface area is 117 Å². The van der Waals surface area contributed by atoms with Crippen LogP contribution in [0, 0.1) is 17.0 Å². The summed E-state index contributed by atoms with van der Waals surface area (Å²) in [6.45, 7) is 4.88. The van der Waals surface area contributed by atoms with Gasteiger partial charge in [0.2, 0.25) is 0 Å². The molecular weight excluding hydrogens is 262 g/mol. The molecule has 0 aromatic heterocycles. The third kappa shape index (κ3) is 3.67. The minimum atomic E-state index is -1.06. The van der Waals surface area contributed by atoms with E-state index >= 15 is 0 Å². The van der Waals surface area contributed by atoms with E-state index in [0.717, 1.165) is 0 Å². The van der Waals surface area contributed by atoms with Gasteiger partial charge in [0.05, 0.1) is 16.1 Å². The third-order valence-electron chi connectivity index (χ3n) is 2.70. The molecule has 0 saturated heterocycles. The number of likely N-dealkylation sites (N-methyl/N-ethyl adjacent to an activating group) is 1. The van der Waals surface area contributed by atoms with E-state index < -0.39 is 16.4 Å². The van der Waals surface area contributed by atoms with Gasteiger partial charge in [-0.1, -0.05) is 0 Å². The Kier molecular flexibility index (Phi) is 4.34. The number of nitrogens with two attached hydrogens (primary N) is 1. The molecule has 7 heteroatoms. The van der Waals surface area contributed by atoms with E-state index in [2.05, 4.69) is 0 Å². The minimum absolute atomic E-state index is 0.0726.